The molecular formula is C8H3ClF3NO4. The largest absolute Gasteiger partial charge is 0.573 e. The molecule has 0 N–H and O–H groups in total. The predicted octanol–water partition coefficient (Wildman–Crippen LogP) is 2.87. The van der Waals surface area contributed by atoms with E-state index >= 15 is 0 Å². The van der Waals surface area contributed by atoms with Gasteiger partial charge in [0.1, 0.15) is 5.75 Å². The number of hydrogen-bond donors (Lipinski definition) is 0. The Bertz CT molecular complexity index is 442. The highest BCUT2D eigenvalue weighted by atomic mass is 35.5. The average molecular weight is 270 g/mol. The predicted molar refractivity (Wildman–Crippen MR) is 50.0 cm³/mol. The third-order valence-electron chi connectivity index (χ3n) is 1.56. The fourth-order valence-electron chi connectivity index (χ4n) is 0.995. The van der Waals surface area contributed by atoms with Crippen molar-refractivity contribution < 1.29 is 27.6 Å². The van der Waals surface area contributed by atoms with E-state index in [2.05, 4.69) is 4.74 Å². The quantitative estimate of drug-likeness (QED) is 0.480. The standard InChI is InChI=1S/C8H3ClF3NO4/c9-7(14)4-1-5(13(15)16)3-6(2-4)17-8(10,11)12/h1-3H. The number of alkyl halides is 3. The van der Waals surface area contributed by atoms with Gasteiger partial charge in [0.15, 0.2) is 0 Å². The van der Waals surface area contributed by atoms with E-state index in [0.29, 0.717) is 12.1 Å². The topological polar surface area (TPSA) is 69.4 Å². The molecule has 5 nitrogen and oxygen atoms in total. The second kappa shape index (κ2) is 4.58. The Hall–Kier alpha value is -1.83. The number of non-ortho nitro benzene ring substituents is 1. The summed E-state index contributed by atoms with van der Waals surface area (Å²) in [4.78, 5) is 20.2. The second-order valence-electron chi connectivity index (χ2n) is 2.79. The van der Waals surface area contributed by atoms with Crippen molar-refractivity contribution in [3.8, 4) is 5.75 Å². The molecule has 0 bridgehead atoms. The molecule has 0 aliphatic heterocycles. The Balaban J connectivity index is 3.22. The van der Waals surface area contributed by atoms with Gasteiger partial charge in [-0.25, -0.2) is 0 Å². The molecule has 17 heavy (non-hydrogen) atoms. The Kier molecular flexibility index (Phi) is 3.56. The van der Waals surface area contributed by atoms with Gasteiger partial charge < -0.3 is 4.74 Å². The lowest BCUT2D eigenvalue weighted by atomic mass is 10.2. The summed E-state index contributed by atoms with van der Waals surface area (Å²) in [6, 6.07) is 1.95. The van der Waals surface area contributed by atoms with Gasteiger partial charge in [0, 0.05) is 11.6 Å². The zero-order valence-corrected chi connectivity index (χ0v) is 8.58. The maximum absolute atomic E-state index is 11.9. The third kappa shape index (κ3) is 3.91. The van der Waals surface area contributed by atoms with Crippen molar-refractivity contribution in [2.24, 2.45) is 0 Å². The number of carbonyl (C=O) groups excluding carboxylic acids is 1. The number of nitro groups is 1. The number of nitro benzene ring substituents is 1. The van der Waals surface area contributed by atoms with E-state index in [9.17, 15) is 28.1 Å². The Morgan fingerprint density at radius 3 is 2.35 bits per heavy atom. The number of carbonyl (C=O) groups is 1. The SMILES string of the molecule is O=C(Cl)c1cc(OC(F)(F)F)cc([N+](=O)[O-])c1. The molecule has 0 radical (unpaired) electrons. The first-order valence-electron chi connectivity index (χ1n) is 3.94. The van der Waals surface area contributed by atoms with Crippen molar-refractivity contribution >= 4 is 22.5 Å². The molecule has 0 saturated carbocycles. The van der Waals surface area contributed by atoms with Crippen LogP contribution in [0, 0.1) is 10.1 Å². The van der Waals surface area contributed by atoms with Crippen LogP contribution < -0.4 is 4.74 Å². The summed E-state index contributed by atoms with van der Waals surface area (Å²) in [6.45, 7) is 0. The molecule has 0 saturated heterocycles. The second-order valence-corrected chi connectivity index (χ2v) is 3.14. The molecule has 1 aromatic rings. The van der Waals surface area contributed by atoms with Crippen molar-refractivity contribution in [3.05, 3.63) is 33.9 Å². The molecule has 0 atom stereocenters. The van der Waals surface area contributed by atoms with Gasteiger partial charge in [-0.05, 0) is 17.7 Å². The molecule has 1 rings (SSSR count). The van der Waals surface area contributed by atoms with Crippen LogP contribution in [-0.2, 0) is 0 Å². The van der Waals surface area contributed by atoms with Crippen LogP contribution in [0.1, 0.15) is 10.4 Å². The van der Waals surface area contributed by atoms with E-state index in [4.69, 9.17) is 11.6 Å². The summed E-state index contributed by atoms with van der Waals surface area (Å²) in [5.74, 6) is -0.879. The lowest BCUT2D eigenvalue weighted by Crippen LogP contribution is -2.17. The van der Waals surface area contributed by atoms with Crippen LogP contribution in [0.25, 0.3) is 0 Å². The fraction of sp³-hybridized carbons (Fsp3) is 0.125. The van der Waals surface area contributed by atoms with Gasteiger partial charge in [-0.15, -0.1) is 13.2 Å². The van der Waals surface area contributed by atoms with E-state index < -0.39 is 33.5 Å². The molecular weight excluding hydrogens is 267 g/mol. The third-order valence-corrected chi connectivity index (χ3v) is 1.78. The molecule has 0 aliphatic carbocycles. The normalized spacial score (nSPS) is 11.1. The van der Waals surface area contributed by atoms with E-state index in [1.807, 2.05) is 0 Å². The minimum atomic E-state index is -5.01. The molecule has 0 unspecified atom stereocenters. The highest BCUT2D eigenvalue weighted by Gasteiger charge is 2.32. The molecule has 0 fully saturated rings. The summed E-state index contributed by atoms with van der Waals surface area (Å²) >= 11 is 5.02. The van der Waals surface area contributed by atoms with Crippen LogP contribution in [-0.4, -0.2) is 16.5 Å². The molecule has 1 aromatic carbocycles. The summed E-state index contributed by atoms with van der Waals surface area (Å²) in [5, 5.41) is 9.28. The Morgan fingerprint density at radius 2 is 1.94 bits per heavy atom. The highest BCUT2D eigenvalue weighted by Crippen LogP contribution is 2.28. The molecule has 0 amide bonds. The first-order valence-corrected chi connectivity index (χ1v) is 4.32. The lowest BCUT2D eigenvalue weighted by molar-refractivity contribution is -0.385. The van der Waals surface area contributed by atoms with Crippen molar-refractivity contribution in [2.45, 2.75) is 6.36 Å². The van der Waals surface area contributed by atoms with Gasteiger partial charge in [0.05, 0.1) is 11.0 Å². The summed E-state index contributed by atoms with van der Waals surface area (Å²) in [5.41, 5.74) is -1.18. The summed E-state index contributed by atoms with van der Waals surface area (Å²) in [7, 11) is 0. The summed E-state index contributed by atoms with van der Waals surface area (Å²) in [6.07, 6.45) is -5.01. The minimum Gasteiger partial charge on any atom is -0.406 e. The van der Waals surface area contributed by atoms with E-state index in [-0.39, 0.29) is 0 Å². The minimum absolute atomic E-state index is 0.458. The fourth-order valence-corrected chi connectivity index (χ4v) is 1.10. The summed E-state index contributed by atoms with van der Waals surface area (Å²) < 4.78 is 39.2. The molecule has 0 spiro atoms. The van der Waals surface area contributed by atoms with Crippen LogP contribution >= 0.6 is 11.6 Å². The zero-order chi connectivity index (χ0) is 13.2. The zero-order valence-electron chi connectivity index (χ0n) is 7.82. The highest BCUT2D eigenvalue weighted by molar-refractivity contribution is 6.67. The number of halogens is 4. The first kappa shape index (κ1) is 13.2. The monoisotopic (exact) mass is 269 g/mol. The molecule has 0 aliphatic rings. The molecule has 9 heteroatoms. The van der Waals surface area contributed by atoms with Gasteiger partial charge in [-0.3, -0.25) is 14.9 Å². The van der Waals surface area contributed by atoms with Crippen LogP contribution in [0.2, 0.25) is 0 Å². The number of hydrogen-bond acceptors (Lipinski definition) is 4. The number of ether oxygens (including phenoxy) is 1. The van der Waals surface area contributed by atoms with E-state index in [0.717, 1.165) is 6.07 Å². The van der Waals surface area contributed by atoms with Crippen LogP contribution in [0.5, 0.6) is 5.75 Å². The van der Waals surface area contributed by atoms with Crippen molar-refractivity contribution in [1.29, 1.82) is 0 Å². The average Bonchev–Trinajstić information content (AvgIpc) is 2.14. The van der Waals surface area contributed by atoms with E-state index in [1.165, 1.54) is 0 Å². The van der Waals surface area contributed by atoms with Crippen LogP contribution in [0.4, 0.5) is 18.9 Å². The molecule has 0 heterocycles. The van der Waals surface area contributed by atoms with Gasteiger partial charge >= 0.3 is 6.36 Å². The van der Waals surface area contributed by atoms with Gasteiger partial charge in [-0.1, -0.05) is 0 Å². The van der Waals surface area contributed by atoms with Crippen molar-refractivity contribution in [1.82, 2.24) is 0 Å². The van der Waals surface area contributed by atoms with Crippen molar-refractivity contribution in [3.63, 3.8) is 0 Å². The number of nitrogens with zero attached hydrogens (tertiary/aromatic N) is 1. The van der Waals surface area contributed by atoms with Crippen LogP contribution in [0.3, 0.4) is 0 Å². The van der Waals surface area contributed by atoms with Gasteiger partial charge in [0.25, 0.3) is 10.9 Å². The maximum Gasteiger partial charge on any atom is 0.573 e. The lowest BCUT2D eigenvalue weighted by Gasteiger charge is -2.09. The number of benzene rings is 1. The van der Waals surface area contributed by atoms with Gasteiger partial charge in [0.2, 0.25) is 0 Å². The van der Waals surface area contributed by atoms with Crippen LogP contribution in [0.15, 0.2) is 18.2 Å². The van der Waals surface area contributed by atoms with Crippen molar-refractivity contribution in [2.75, 3.05) is 0 Å². The number of rotatable bonds is 3. The van der Waals surface area contributed by atoms with E-state index in [1.54, 1.807) is 0 Å². The molecule has 92 valence electrons. The smallest absolute Gasteiger partial charge is 0.406 e. The van der Waals surface area contributed by atoms with Gasteiger partial charge in [-0.2, -0.15) is 0 Å². The Labute approximate surface area is 96.9 Å². The maximum atomic E-state index is 11.9. The first-order chi connectivity index (χ1) is 7.69. The Morgan fingerprint density at radius 1 is 1.35 bits per heavy atom. The molecule has 0 aromatic heterocycles.